The van der Waals surface area contributed by atoms with Gasteiger partial charge in [0.15, 0.2) is 0 Å². The summed E-state index contributed by atoms with van der Waals surface area (Å²) in [6, 6.07) is 8.69. The van der Waals surface area contributed by atoms with E-state index in [0.29, 0.717) is 16.7 Å². The van der Waals surface area contributed by atoms with Crippen LogP contribution < -0.4 is 4.72 Å². The van der Waals surface area contributed by atoms with Crippen molar-refractivity contribution < 1.29 is 8.42 Å². The molecule has 0 aromatic heterocycles. The van der Waals surface area contributed by atoms with Crippen molar-refractivity contribution in [2.45, 2.75) is 36.1 Å². The Kier molecular flexibility index (Phi) is 2.28. The molecule has 4 bridgehead atoms. The minimum Gasteiger partial charge on any atom is -0.207 e. The van der Waals surface area contributed by atoms with Crippen molar-refractivity contribution in [1.82, 2.24) is 4.72 Å². The largest absolute Gasteiger partial charge is 0.241 e. The van der Waals surface area contributed by atoms with Gasteiger partial charge in [-0.1, -0.05) is 29.8 Å². The van der Waals surface area contributed by atoms with Crippen molar-refractivity contribution in [3.05, 3.63) is 42.0 Å². The van der Waals surface area contributed by atoms with Crippen LogP contribution in [-0.4, -0.2) is 14.0 Å². The van der Waals surface area contributed by atoms with Gasteiger partial charge in [0.25, 0.3) is 0 Å². The first-order valence-electron chi connectivity index (χ1n) is 6.87. The summed E-state index contributed by atoms with van der Waals surface area (Å²) in [5.41, 5.74) is 1.38. The molecule has 2 atom stereocenters. The predicted octanol–water partition coefficient (Wildman–Crippen LogP) is 2.46. The van der Waals surface area contributed by atoms with Crippen LogP contribution in [0.15, 0.2) is 46.9 Å². The fourth-order valence-electron chi connectivity index (χ4n) is 4.10. The van der Waals surface area contributed by atoms with Crippen molar-refractivity contribution in [1.29, 1.82) is 0 Å². The fourth-order valence-corrected chi connectivity index (χ4v) is 5.55. The van der Waals surface area contributed by atoms with E-state index >= 15 is 0 Å². The summed E-state index contributed by atoms with van der Waals surface area (Å²) in [6.07, 6.45) is 6.38. The van der Waals surface area contributed by atoms with E-state index in [4.69, 9.17) is 0 Å². The smallest absolute Gasteiger partial charge is 0.207 e. The van der Waals surface area contributed by atoms with Gasteiger partial charge in [-0.15, -0.1) is 0 Å². The Morgan fingerprint density at radius 1 is 1.11 bits per heavy atom. The highest BCUT2D eigenvalue weighted by molar-refractivity contribution is 7.89. The van der Waals surface area contributed by atoms with Crippen molar-refractivity contribution in [2.24, 2.45) is 11.8 Å². The minimum atomic E-state index is -3.39. The number of nitrogens with one attached hydrogen (secondary N) is 1. The number of fused-ring (bicyclic) bond motifs is 1. The molecule has 0 heterocycles. The Morgan fingerprint density at radius 2 is 1.79 bits per heavy atom. The summed E-state index contributed by atoms with van der Waals surface area (Å²) in [5, 5.41) is 0. The highest BCUT2D eigenvalue weighted by atomic mass is 32.2. The molecule has 1 aromatic carbocycles. The second-order valence-corrected chi connectivity index (χ2v) is 7.83. The van der Waals surface area contributed by atoms with E-state index < -0.39 is 10.0 Å². The zero-order chi connectivity index (χ0) is 13.1. The van der Waals surface area contributed by atoms with Crippen LogP contribution in [0.5, 0.6) is 0 Å². The molecular formula is C15H17NO2S. The first-order valence-corrected chi connectivity index (χ1v) is 8.35. The van der Waals surface area contributed by atoms with Crippen LogP contribution in [0.3, 0.4) is 0 Å². The number of hydrogen-bond donors (Lipinski definition) is 1. The number of benzene rings is 1. The third-order valence-electron chi connectivity index (χ3n) is 4.92. The average Bonchev–Trinajstić information content (AvgIpc) is 2.39. The quantitative estimate of drug-likeness (QED) is 0.861. The zero-order valence-corrected chi connectivity index (χ0v) is 11.5. The van der Waals surface area contributed by atoms with Gasteiger partial charge in [0.05, 0.1) is 4.90 Å². The second kappa shape index (κ2) is 3.70. The summed E-state index contributed by atoms with van der Waals surface area (Å²) in [5.74, 6) is 1.29. The fraction of sp³-hybridized carbons (Fsp3) is 0.467. The molecule has 0 aliphatic heterocycles. The third-order valence-corrected chi connectivity index (χ3v) is 6.51. The van der Waals surface area contributed by atoms with E-state index in [-0.39, 0.29) is 5.54 Å². The number of allylic oxidation sites excluding steroid dienone is 1. The van der Waals surface area contributed by atoms with Gasteiger partial charge in [0.2, 0.25) is 10.0 Å². The van der Waals surface area contributed by atoms with Crippen LogP contribution in [0.1, 0.15) is 25.7 Å². The second-order valence-electron chi connectivity index (χ2n) is 6.14. The molecule has 1 aromatic rings. The Bertz CT molecular complexity index is 634. The van der Waals surface area contributed by atoms with Gasteiger partial charge in [-0.3, -0.25) is 0 Å². The maximum absolute atomic E-state index is 12.5. The molecule has 3 nitrogen and oxygen atoms in total. The highest BCUT2D eigenvalue weighted by Crippen LogP contribution is 2.58. The molecule has 3 saturated carbocycles. The topological polar surface area (TPSA) is 46.2 Å². The van der Waals surface area contributed by atoms with Gasteiger partial charge in [-0.2, -0.15) is 0 Å². The third kappa shape index (κ3) is 1.70. The van der Waals surface area contributed by atoms with Crippen LogP contribution in [-0.2, 0) is 10.0 Å². The number of hydrogen-bond acceptors (Lipinski definition) is 2. The molecule has 3 fully saturated rings. The molecule has 19 heavy (non-hydrogen) atoms. The lowest BCUT2D eigenvalue weighted by atomic mass is 9.51. The number of sulfonamides is 1. The normalized spacial score (nSPS) is 35.7. The Morgan fingerprint density at radius 3 is 2.42 bits per heavy atom. The summed E-state index contributed by atoms with van der Waals surface area (Å²) in [7, 11) is -3.39. The molecule has 5 aliphatic carbocycles. The van der Waals surface area contributed by atoms with Crippen LogP contribution >= 0.6 is 0 Å². The molecule has 5 aliphatic rings. The summed E-state index contributed by atoms with van der Waals surface area (Å²) >= 11 is 0. The molecular weight excluding hydrogens is 258 g/mol. The van der Waals surface area contributed by atoms with Gasteiger partial charge in [-0.05, 0) is 49.7 Å². The van der Waals surface area contributed by atoms with Crippen molar-refractivity contribution in [3.63, 3.8) is 0 Å². The van der Waals surface area contributed by atoms with Crippen molar-refractivity contribution in [2.75, 3.05) is 0 Å². The molecule has 1 N–H and O–H groups in total. The van der Waals surface area contributed by atoms with Gasteiger partial charge in [0.1, 0.15) is 0 Å². The van der Waals surface area contributed by atoms with E-state index in [9.17, 15) is 8.42 Å². The Hall–Kier alpha value is -1.13. The maximum atomic E-state index is 12.5. The molecule has 0 amide bonds. The van der Waals surface area contributed by atoms with Crippen LogP contribution in [0.2, 0.25) is 0 Å². The van der Waals surface area contributed by atoms with Crippen LogP contribution in [0.25, 0.3) is 0 Å². The Balaban J connectivity index is 1.64. The van der Waals surface area contributed by atoms with E-state index in [1.807, 2.05) is 6.07 Å². The van der Waals surface area contributed by atoms with E-state index in [0.717, 1.165) is 19.3 Å². The minimum absolute atomic E-state index is 0.218. The van der Waals surface area contributed by atoms with E-state index in [1.54, 1.807) is 29.8 Å². The Labute approximate surface area is 113 Å². The van der Waals surface area contributed by atoms with Gasteiger partial charge < -0.3 is 0 Å². The molecule has 4 heteroatoms. The van der Waals surface area contributed by atoms with Crippen LogP contribution in [0, 0.1) is 11.8 Å². The summed E-state index contributed by atoms with van der Waals surface area (Å²) in [6.45, 7) is 0. The molecule has 0 radical (unpaired) electrons. The molecule has 0 saturated heterocycles. The maximum Gasteiger partial charge on any atom is 0.241 e. The lowest BCUT2D eigenvalue weighted by molar-refractivity contribution is 0.0912. The van der Waals surface area contributed by atoms with Crippen molar-refractivity contribution >= 4 is 10.0 Å². The van der Waals surface area contributed by atoms with E-state index in [1.165, 1.54) is 6.42 Å². The summed E-state index contributed by atoms with van der Waals surface area (Å²) < 4.78 is 27.9. The van der Waals surface area contributed by atoms with Crippen molar-refractivity contribution in [3.8, 4) is 0 Å². The average molecular weight is 275 g/mol. The first-order chi connectivity index (χ1) is 9.08. The van der Waals surface area contributed by atoms with Crippen LogP contribution in [0.4, 0.5) is 0 Å². The summed E-state index contributed by atoms with van der Waals surface area (Å²) in [4.78, 5) is 0.374. The standard InChI is InChI=1S/C15H17NO2S/c17-19(18,13-4-2-1-3-5-13)16-15-7-6-14-11(9-15)8-12(14)10-15/h1-6,11-12,16H,7-10H2. The first kappa shape index (κ1) is 11.7. The van der Waals surface area contributed by atoms with Gasteiger partial charge in [0, 0.05) is 5.54 Å². The molecule has 100 valence electrons. The predicted molar refractivity (Wildman–Crippen MR) is 73.0 cm³/mol. The van der Waals surface area contributed by atoms with Gasteiger partial charge >= 0.3 is 0 Å². The molecule has 0 spiro atoms. The van der Waals surface area contributed by atoms with E-state index in [2.05, 4.69) is 10.8 Å². The van der Waals surface area contributed by atoms with Gasteiger partial charge in [-0.25, -0.2) is 13.1 Å². The molecule has 2 unspecified atom stereocenters. The lowest BCUT2D eigenvalue weighted by Gasteiger charge is -2.57. The lowest BCUT2D eigenvalue weighted by Crippen LogP contribution is -2.59. The highest BCUT2D eigenvalue weighted by Gasteiger charge is 2.54. The SMILES string of the molecule is O=S(=O)(NC12CC=C3C(CC3C1)C2)c1ccccc1. The molecule has 6 rings (SSSR count). The number of rotatable bonds is 3. The zero-order valence-electron chi connectivity index (χ0n) is 10.7. The monoisotopic (exact) mass is 275 g/mol.